The van der Waals surface area contributed by atoms with Crippen LogP contribution in [0.1, 0.15) is 12.1 Å². The fourth-order valence-corrected chi connectivity index (χ4v) is 2.68. The molecule has 7 heteroatoms. The molecule has 0 unspecified atom stereocenters. The van der Waals surface area contributed by atoms with Gasteiger partial charge in [0.2, 0.25) is 0 Å². The molecule has 0 spiro atoms. The first-order chi connectivity index (χ1) is 9.02. The predicted molar refractivity (Wildman–Crippen MR) is 68.3 cm³/mol. The molecule has 1 aromatic rings. The Balaban J connectivity index is 1.98. The molecule has 0 aliphatic heterocycles. The number of hydrogen-bond donors (Lipinski definition) is 2. The molecule has 2 N–H and O–H groups in total. The summed E-state index contributed by atoms with van der Waals surface area (Å²) in [5.74, 6) is -0.0144. The molecular formula is C12H22N4O3. The normalized spacial score (nSPS) is 31.3. The van der Waals surface area contributed by atoms with E-state index in [-0.39, 0.29) is 12.0 Å². The zero-order valence-corrected chi connectivity index (χ0v) is 11.6. The standard InChI is InChI=1S/C12H22N4O3/c1-15(2)10-4-8(11(17)12(10)18)5-16-6-9(7-19-3)13-14-16/h6,8,10-12,17-18H,4-5,7H2,1-3H3/t8-,10-,11-,12+/m1/s1. The Hall–Kier alpha value is -1.02. The molecule has 1 fully saturated rings. The number of ether oxygens (including phenoxy) is 1. The van der Waals surface area contributed by atoms with Crippen molar-refractivity contribution in [3.63, 3.8) is 0 Å². The molecule has 2 rings (SSSR count). The first-order valence-corrected chi connectivity index (χ1v) is 6.43. The van der Waals surface area contributed by atoms with Gasteiger partial charge in [-0.1, -0.05) is 5.21 Å². The zero-order chi connectivity index (χ0) is 14.0. The second kappa shape index (κ2) is 5.96. The van der Waals surface area contributed by atoms with Crippen LogP contribution in [0.15, 0.2) is 6.20 Å². The minimum atomic E-state index is -0.720. The van der Waals surface area contributed by atoms with Gasteiger partial charge in [0.25, 0.3) is 0 Å². The average molecular weight is 270 g/mol. The van der Waals surface area contributed by atoms with Gasteiger partial charge in [-0.2, -0.15) is 0 Å². The van der Waals surface area contributed by atoms with Gasteiger partial charge in [0.1, 0.15) is 5.69 Å². The van der Waals surface area contributed by atoms with Crippen LogP contribution in [-0.2, 0) is 17.9 Å². The smallest absolute Gasteiger partial charge is 0.108 e. The summed E-state index contributed by atoms with van der Waals surface area (Å²) >= 11 is 0. The Morgan fingerprint density at radius 3 is 2.74 bits per heavy atom. The molecule has 108 valence electrons. The molecule has 0 radical (unpaired) electrons. The molecule has 0 amide bonds. The largest absolute Gasteiger partial charge is 0.390 e. The first kappa shape index (κ1) is 14.4. The van der Waals surface area contributed by atoms with Gasteiger partial charge in [0.05, 0.1) is 25.0 Å². The summed E-state index contributed by atoms with van der Waals surface area (Å²) in [6.07, 6.45) is 1.13. The Morgan fingerprint density at radius 1 is 1.42 bits per heavy atom. The van der Waals surface area contributed by atoms with Crippen LogP contribution >= 0.6 is 0 Å². The third kappa shape index (κ3) is 3.11. The van der Waals surface area contributed by atoms with E-state index in [4.69, 9.17) is 4.74 Å². The van der Waals surface area contributed by atoms with Gasteiger partial charge in [0, 0.05) is 25.6 Å². The second-order valence-electron chi connectivity index (χ2n) is 5.37. The van der Waals surface area contributed by atoms with Gasteiger partial charge < -0.3 is 19.8 Å². The monoisotopic (exact) mass is 270 g/mol. The topological polar surface area (TPSA) is 83.6 Å². The van der Waals surface area contributed by atoms with Gasteiger partial charge in [-0.25, -0.2) is 0 Å². The summed E-state index contributed by atoms with van der Waals surface area (Å²) in [4.78, 5) is 1.95. The Bertz CT molecular complexity index is 409. The second-order valence-corrected chi connectivity index (χ2v) is 5.37. The van der Waals surface area contributed by atoms with Crippen LogP contribution in [0.25, 0.3) is 0 Å². The number of aliphatic hydroxyl groups excluding tert-OH is 2. The van der Waals surface area contributed by atoms with Crippen LogP contribution < -0.4 is 0 Å². The molecule has 1 aromatic heterocycles. The number of nitrogens with zero attached hydrogens (tertiary/aromatic N) is 4. The average Bonchev–Trinajstić information content (AvgIpc) is 2.90. The number of aliphatic hydroxyl groups is 2. The van der Waals surface area contributed by atoms with E-state index >= 15 is 0 Å². The maximum Gasteiger partial charge on any atom is 0.108 e. The Morgan fingerprint density at radius 2 is 2.16 bits per heavy atom. The lowest BCUT2D eigenvalue weighted by Gasteiger charge is -2.22. The minimum absolute atomic E-state index is 0.0121. The molecule has 1 aliphatic rings. The van der Waals surface area contributed by atoms with E-state index in [2.05, 4.69) is 10.3 Å². The Labute approximate surface area is 112 Å². The van der Waals surface area contributed by atoms with Crippen LogP contribution in [0.4, 0.5) is 0 Å². The zero-order valence-electron chi connectivity index (χ0n) is 11.6. The highest BCUT2D eigenvalue weighted by Crippen LogP contribution is 2.30. The maximum absolute atomic E-state index is 10.1. The third-order valence-electron chi connectivity index (χ3n) is 3.73. The first-order valence-electron chi connectivity index (χ1n) is 6.43. The van der Waals surface area contributed by atoms with Crippen molar-refractivity contribution in [1.29, 1.82) is 0 Å². The summed E-state index contributed by atoms with van der Waals surface area (Å²) in [6.45, 7) is 0.982. The molecule has 1 heterocycles. The number of likely N-dealkylation sites (N-methyl/N-ethyl adjacent to an activating group) is 1. The summed E-state index contributed by atoms with van der Waals surface area (Å²) in [7, 11) is 5.43. The highest BCUT2D eigenvalue weighted by atomic mass is 16.5. The van der Waals surface area contributed by atoms with Crippen LogP contribution in [0.5, 0.6) is 0 Å². The quantitative estimate of drug-likeness (QED) is 0.721. The molecule has 0 aromatic carbocycles. The van der Waals surface area contributed by atoms with Crippen LogP contribution in [0, 0.1) is 5.92 Å². The summed E-state index contributed by atoms with van der Waals surface area (Å²) in [5.41, 5.74) is 0.764. The Kier molecular flexibility index (Phi) is 4.51. The summed E-state index contributed by atoms with van der Waals surface area (Å²) < 4.78 is 6.69. The molecule has 4 atom stereocenters. The van der Waals surface area contributed by atoms with Crippen molar-refractivity contribution in [1.82, 2.24) is 19.9 Å². The van der Waals surface area contributed by atoms with Crippen molar-refractivity contribution in [3.8, 4) is 0 Å². The van der Waals surface area contributed by atoms with Gasteiger partial charge in [-0.05, 0) is 20.5 Å². The summed E-state index contributed by atoms with van der Waals surface area (Å²) in [5, 5.41) is 28.1. The van der Waals surface area contributed by atoms with Crippen LogP contribution in [-0.4, -0.2) is 69.6 Å². The highest BCUT2D eigenvalue weighted by Gasteiger charge is 2.42. The maximum atomic E-state index is 10.1. The number of methoxy groups -OCH3 is 1. The molecule has 19 heavy (non-hydrogen) atoms. The molecule has 1 saturated carbocycles. The van der Waals surface area contributed by atoms with Crippen molar-refractivity contribution >= 4 is 0 Å². The lowest BCUT2D eigenvalue weighted by atomic mass is 10.1. The van der Waals surface area contributed by atoms with E-state index in [0.29, 0.717) is 13.2 Å². The van der Waals surface area contributed by atoms with E-state index in [0.717, 1.165) is 12.1 Å². The van der Waals surface area contributed by atoms with Gasteiger partial charge in [-0.15, -0.1) is 5.10 Å². The number of hydrogen-bond acceptors (Lipinski definition) is 6. The molecular weight excluding hydrogens is 248 g/mol. The van der Waals surface area contributed by atoms with Gasteiger partial charge >= 0.3 is 0 Å². The summed E-state index contributed by atoms with van der Waals surface area (Å²) in [6, 6.07) is -0.0121. The van der Waals surface area contributed by atoms with E-state index in [9.17, 15) is 10.2 Å². The molecule has 0 bridgehead atoms. The highest BCUT2D eigenvalue weighted by molar-refractivity contribution is 4.96. The molecule has 1 aliphatic carbocycles. The number of rotatable bonds is 5. The van der Waals surface area contributed by atoms with Crippen LogP contribution in [0.2, 0.25) is 0 Å². The van der Waals surface area contributed by atoms with Gasteiger partial charge in [0.15, 0.2) is 0 Å². The molecule has 0 saturated heterocycles. The van der Waals surface area contributed by atoms with E-state index in [1.54, 1.807) is 11.8 Å². The van der Waals surface area contributed by atoms with Crippen LogP contribution in [0.3, 0.4) is 0 Å². The lowest BCUT2D eigenvalue weighted by Crippen LogP contribution is -2.39. The van der Waals surface area contributed by atoms with E-state index in [1.807, 2.05) is 25.2 Å². The SMILES string of the molecule is COCc1cn(C[C@H]2C[C@@H](N(C)C)[C@H](O)[C@@H]2O)nn1. The fourth-order valence-electron chi connectivity index (χ4n) is 2.68. The van der Waals surface area contributed by atoms with Crippen molar-refractivity contribution < 1.29 is 14.9 Å². The fraction of sp³-hybridized carbons (Fsp3) is 0.833. The predicted octanol–water partition coefficient (Wildman–Crippen LogP) is -0.904. The minimum Gasteiger partial charge on any atom is -0.390 e. The molecule has 7 nitrogen and oxygen atoms in total. The van der Waals surface area contributed by atoms with E-state index in [1.165, 1.54) is 0 Å². The van der Waals surface area contributed by atoms with Gasteiger partial charge in [-0.3, -0.25) is 4.68 Å². The lowest BCUT2D eigenvalue weighted by molar-refractivity contribution is -0.00569. The third-order valence-corrected chi connectivity index (χ3v) is 3.73. The van der Waals surface area contributed by atoms with Crippen molar-refractivity contribution in [2.24, 2.45) is 5.92 Å². The van der Waals surface area contributed by atoms with Crippen molar-refractivity contribution in [2.75, 3.05) is 21.2 Å². The van der Waals surface area contributed by atoms with Crippen molar-refractivity contribution in [3.05, 3.63) is 11.9 Å². The van der Waals surface area contributed by atoms with E-state index < -0.39 is 12.2 Å². The number of aromatic nitrogens is 3. The van der Waals surface area contributed by atoms with Crippen molar-refractivity contribution in [2.45, 2.75) is 37.8 Å².